The van der Waals surface area contributed by atoms with E-state index in [9.17, 15) is 4.39 Å². The lowest BCUT2D eigenvalue weighted by molar-refractivity contribution is 0.619. The van der Waals surface area contributed by atoms with Gasteiger partial charge in [-0.1, -0.05) is 12.6 Å². The lowest BCUT2D eigenvalue weighted by Crippen LogP contribution is -2.16. The molecule has 82 valence electrons. The average Bonchev–Trinajstić information content (AvgIpc) is 2.22. The molecule has 0 fully saturated rings. The zero-order valence-electron chi connectivity index (χ0n) is 8.39. The molecule has 3 N–H and O–H groups in total. The molecule has 0 amide bonds. The summed E-state index contributed by atoms with van der Waals surface area (Å²) in [5.41, 5.74) is 6.88. The summed E-state index contributed by atoms with van der Waals surface area (Å²) in [7, 11) is 0. The third-order valence-electron chi connectivity index (χ3n) is 1.99. The van der Waals surface area contributed by atoms with E-state index in [4.69, 9.17) is 5.73 Å². The van der Waals surface area contributed by atoms with Gasteiger partial charge in [-0.05, 0) is 53.3 Å². The average molecular weight is 320 g/mol. The van der Waals surface area contributed by atoms with Gasteiger partial charge in [0.25, 0.3) is 0 Å². The number of rotatable bonds is 5. The molecule has 1 aromatic carbocycles. The molecule has 0 aliphatic carbocycles. The van der Waals surface area contributed by atoms with Crippen molar-refractivity contribution in [1.82, 2.24) is 5.32 Å². The highest BCUT2D eigenvalue weighted by Crippen LogP contribution is 2.16. The highest BCUT2D eigenvalue weighted by molar-refractivity contribution is 14.1. The minimum Gasteiger partial charge on any atom is -0.385 e. The van der Waals surface area contributed by atoms with Crippen LogP contribution in [0.2, 0.25) is 0 Å². The molecule has 0 heterocycles. The molecule has 0 bridgehead atoms. The van der Waals surface area contributed by atoms with E-state index >= 15 is 0 Å². The Bertz CT molecular complexity index is 352. The number of nitrogens with one attached hydrogen (secondary N) is 1. The first-order chi connectivity index (χ1) is 7.15. The second-order valence-corrected chi connectivity index (χ2v) is 4.34. The number of nitrogens with two attached hydrogens (primary N) is 1. The van der Waals surface area contributed by atoms with Crippen LogP contribution in [0.5, 0.6) is 0 Å². The maximum absolute atomic E-state index is 13.2. The molecule has 1 rings (SSSR count). The summed E-state index contributed by atoms with van der Waals surface area (Å²) in [6, 6.07) is 5.07. The van der Waals surface area contributed by atoms with Crippen LogP contribution in [-0.2, 0) is 0 Å². The maximum atomic E-state index is 13.2. The Morgan fingerprint density at radius 3 is 2.87 bits per heavy atom. The number of benzene rings is 1. The van der Waals surface area contributed by atoms with Crippen molar-refractivity contribution < 1.29 is 4.39 Å². The molecule has 0 saturated heterocycles. The zero-order chi connectivity index (χ0) is 11.3. The molecule has 0 spiro atoms. The first-order valence-electron chi connectivity index (χ1n) is 4.73. The van der Waals surface area contributed by atoms with Gasteiger partial charge in [0.2, 0.25) is 0 Å². The minimum absolute atomic E-state index is 0.213. The van der Waals surface area contributed by atoms with Crippen molar-refractivity contribution in [2.45, 2.75) is 6.42 Å². The topological polar surface area (TPSA) is 38.0 Å². The Morgan fingerprint density at radius 2 is 2.27 bits per heavy atom. The predicted octanol–water partition coefficient (Wildman–Crippen LogP) is 2.34. The summed E-state index contributed by atoms with van der Waals surface area (Å²) in [5, 5.41) is 3.10. The monoisotopic (exact) mass is 320 g/mol. The van der Waals surface area contributed by atoms with E-state index in [2.05, 4.69) is 11.9 Å². The number of hydrogen-bond acceptors (Lipinski definition) is 2. The van der Waals surface area contributed by atoms with Crippen LogP contribution < -0.4 is 11.1 Å². The number of hydrogen-bond donors (Lipinski definition) is 2. The Balaban J connectivity index is 2.62. The smallest absolute Gasteiger partial charge is 0.137 e. The molecular formula is C11H14FIN2. The van der Waals surface area contributed by atoms with E-state index in [0.717, 1.165) is 24.2 Å². The summed E-state index contributed by atoms with van der Waals surface area (Å²) >= 11 is 1.96. The highest BCUT2D eigenvalue weighted by Gasteiger charge is 2.02. The van der Waals surface area contributed by atoms with Crippen molar-refractivity contribution in [3.63, 3.8) is 0 Å². The quantitative estimate of drug-likeness (QED) is 0.646. The van der Waals surface area contributed by atoms with Gasteiger partial charge < -0.3 is 11.1 Å². The molecule has 0 unspecified atom stereocenters. The van der Waals surface area contributed by atoms with E-state index in [-0.39, 0.29) is 5.82 Å². The van der Waals surface area contributed by atoms with Crippen LogP contribution in [0.4, 0.5) is 4.39 Å². The van der Waals surface area contributed by atoms with Gasteiger partial charge >= 0.3 is 0 Å². The summed E-state index contributed by atoms with van der Waals surface area (Å²) in [6.07, 6.45) is 0.881. The maximum Gasteiger partial charge on any atom is 0.137 e. The minimum atomic E-state index is -0.213. The third kappa shape index (κ3) is 3.79. The molecule has 0 aromatic heterocycles. The second-order valence-electron chi connectivity index (χ2n) is 3.18. The van der Waals surface area contributed by atoms with Gasteiger partial charge in [-0.15, -0.1) is 0 Å². The van der Waals surface area contributed by atoms with Crippen molar-refractivity contribution in [3.05, 3.63) is 39.7 Å². The number of halogens is 2. The van der Waals surface area contributed by atoms with E-state index in [1.165, 1.54) is 6.07 Å². The predicted molar refractivity (Wildman–Crippen MR) is 69.8 cm³/mol. The Hall–Kier alpha value is -0.620. The van der Waals surface area contributed by atoms with Crippen LogP contribution in [0.1, 0.15) is 12.0 Å². The molecule has 4 heteroatoms. The van der Waals surface area contributed by atoms with Crippen LogP contribution in [0, 0.1) is 9.39 Å². The molecule has 2 nitrogen and oxygen atoms in total. The van der Waals surface area contributed by atoms with Gasteiger partial charge in [0, 0.05) is 15.8 Å². The summed E-state index contributed by atoms with van der Waals surface area (Å²) in [4.78, 5) is 0. The molecule has 15 heavy (non-hydrogen) atoms. The summed E-state index contributed by atoms with van der Waals surface area (Å²) in [6.45, 7) is 5.25. The van der Waals surface area contributed by atoms with Crippen molar-refractivity contribution in [2.24, 2.45) is 5.73 Å². The SMILES string of the molecule is C=C(NCCCN)c1ccc(I)c(F)c1. The fourth-order valence-corrected chi connectivity index (χ4v) is 1.46. The lowest BCUT2D eigenvalue weighted by Gasteiger charge is -2.09. The van der Waals surface area contributed by atoms with Gasteiger partial charge in [-0.2, -0.15) is 0 Å². The van der Waals surface area contributed by atoms with Crippen LogP contribution in [-0.4, -0.2) is 13.1 Å². The van der Waals surface area contributed by atoms with Crippen molar-refractivity contribution >= 4 is 28.3 Å². The first kappa shape index (κ1) is 12.4. The molecule has 0 radical (unpaired) electrons. The molecule has 0 aliphatic rings. The van der Waals surface area contributed by atoms with Gasteiger partial charge in [0.1, 0.15) is 5.82 Å². The van der Waals surface area contributed by atoms with E-state index in [1.807, 2.05) is 28.7 Å². The van der Waals surface area contributed by atoms with Crippen molar-refractivity contribution in [3.8, 4) is 0 Å². The van der Waals surface area contributed by atoms with Crippen LogP contribution in [0.3, 0.4) is 0 Å². The van der Waals surface area contributed by atoms with Gasteiger partial charge in [-0.3, -0.25) is 0 Å². The zero-order valence-corrected chi connectivity index (χ0v) is 10.6. The Kier molecular flexibility index (Phi) is 5.04. The molecule has 0 atom stereocenters. The largest absolute Gasteiger partial charge is 0.385 e. The molecular weight excluding hydrogens is 306 g/mol. The fraction of sp³-hybridized carbons (Fsp3) is 0.273. The molecule has 1 aromatic rings. The first-order valence-corrected chi connectivity index (χ1v) is 5.81. The highest BCUT2D eigenvalue weighted by atomic mass is 127. The standard InChI is InChI=1S/C11H14FIN2/c1-8(15-6-2-5-14)9-3-4-11(13)10(12)7-9/h3-4,7,15H,1-2,5-6,14H2. The van der Waals surface area contributed by atoms with E-state index < -0.39 is 0 Å². The normalized spacial score (nSPS) is 10.1. The summed E-state index contributed by atoms with van der Waals surface area (Å²) < 4.78 is 13.8. The van der Waals surface area contributed by atoms with Gasteiger partial charge in [0.15, 0.2) is 0 Å². The van der Waals surface area contributed by atoms with Crippen LogP contribution >= 0.6 is 22.6 Å². The Labute approximate surface area is 103 Å². The third-order valence-corrected chi connectivity index (χ3v) is 2.86. The Morgan fingerprint density at radius 1 is 1.53 bits per heavy atom. The van der Waals surface area contributed by atoms with Gasteiger partial charge in [0.05, 0.1) is 0 Å². The van der Waals surface area contributed by atoms with Gasteiger partial charge in [-0.25, -0.2) is 4.39 Å². The van der Waals surface area contributed by atoms with Crippen molar-refractivity contribution in [1.29, 1.82) is 0 Å². The van der Waals surface area contributed by atoms with Crippen LogP contribution in [0.15, 0.2) is 24.8 Å². The van der Waals surface area contributed by atoms with Crippen LogP contribution in [0.25, 0.3) is 5.70 Å². The fourth-order valence-electron chi connectivity index (χ4n) is 1.13. The van der Waals surface area contributed by atoms with E-state index in [0.29, 0.717) is 10.1 Å². The molecule has 0 aliphatic heterocycles. The summed E-state index contributed by atoms with van der Waals surface area (Å²) in [5.74, 6) is -0.213. The van der Waals surface area contributed by atoms with E-state index in [1.54, 1.807) is 6.07 Å². The molecule has 0 saturated carbocycles. The lowest BCUT2D eigenvalue weighted by atomic mass is 10.1. The second kappa shape index (κ2) is 6.07. The van der Waals surface area contributed by atoms with Crippen molar-refractivity contribution in [2.75, 3.05) is 13.1 Å².